The Morgan fingerprint density at radius 1 is 1.45 bits per heavy atom. The number of hydrogen-bond donors (Lipinski definition) is 1. The molecule has 0 radical (unpaired) electrons. The van der Waals surface area contributed by atoms with Crippen LogP contribution in [0.15, 0.2) is 29.1 Å². The van der Waals surface area contributed by atoms with Gasteiger partial charge in [-0.3, -0.25) is 0 Å². The number of nitrogens with one attached hydrogen (secondary N) is 1. The molecule has 0 aliphatic carbocycles. The Balaban J connectivity index is 2.13. The minimum absolute atomic E-state index is 0.0732. The van der Waals surface area contributed by atoms with Gasteiger partial charge in [-0.25, -0.2) is 9.37 Å². The summed E-state index contributed by atoms with van der Waals surface area (Å²) in [5, 5.41) is 3.40. The molecule has 20 heavy (non-hydrogen) atoms. The van der Waals surface area contributed by atoms with E-state index in [2.05, 4.69) is 37.7 Å². The Morgan fingerprint density at radius 2 is 2.25 bits per heavy atom. The van der Waals surface area contributed by atoms with Crippen LogP contribution in [0.1, 0.15) is 24.6 Å². The van der Waals surface area contributed by atoms with E-state index >= 15 is 0 Å². The van der Waals surface area contributed by atoms with Crippen molar-refractivity contribution in [2.75, 3.05) is 13.1 Å². The van der Waals surface area contributed by atoms with Gasteiger partial charge in [-0.1, -0.05) is 6.92 Å². The zero-order valence-corrected chi connectivity index (χ0v) is 13.2. The third-order valence-corrected chi connectivity index (χ3v) is 4.73. The molecule has 1 N–H and O–H groups in total. The van der Waals surface area contributed by atoms with E-state index in [1.54, 1.807) is 6.07 Å². The van der Waals surface area contributed by atoms with E-state index in [4.69, 9.17) is 0 Å². The molecule has 2 heterocycles. The maximum Gasteiger partial charge on any atom is 0.137 e. The molecule has 3 rings (SSSR count). The number of hydrogen-bond acceptors (Lipinski definition) is 2. The average molecular weight is 338 g/mol. The number of aryl methyl sites for hydroxylation is 1. The van der Waals surface area contributed by atoms with Crippen LogP contribution in [0, 0.1) is 12.7 Å². The van der Waals surface area contributed by atoms with Gasteiger partial charge in [-0.15, -0.1) is 0 Å². The number of nitrogens with zero attached hydrogens (tertiary/aromatic N) is 2. The predicted octanol–water partition coefficient (Wildman–Crippen LogP) is 3.33. The quantitative estimate of drug-likeness (QED) is 0.910. The molecular weight excluding hydrogens is 321 g/mol. The summed E-state index contributed by atoms with van der Waals surface area (Å²) in [6, 6.07) is 3.38. The molecule has 3 nitrogen and oxygen atoms in total. The lowest BCUT2D eigenvalue weighted by Crippen LogP contribution is -2.27. The molecule has 1 aliphatic rings. The summed E-state index contributed by atoms with van der Waals surface area (Å²) in [4.78, 5) is 4.31. The Labute approximate surface area is 126 Å². The molecule has 106 valence electrons. The van der Waals surface area contributed by atoms with E-state index in [0.29, 0.717) is 4.47 Å². The summed E-state index contributed by atoms with van der Waals surface area (Å²) in [6.07, 6.45) is 4.81. The molecule has 2 aromatic rings. The third kappa shape index (κ3) is 2.19. The van der Waals surface area contributed by atoms with Crippen LogP contribution >= 0.6 is 15.9 Å². The minimum atomic E-state index is -0.235. The van der Waals surface area contributed by atoms with Gasteiger partial charge in [-0.05, 0) is 53.5 Å². The summed E-state index contributed by atoms with van der Waals surface area (Å²) in [6.45, 7) is 6.13. The van der Waals surface area contributed by atoms with Gasteiger partial charge in [0.05, 0.1) is 16.5 Å². The van der Waals surface area contributed by atoms with E-state index in [1.165, 1.54) is 5.69 Å². The van der Waals surface area contributed by atoms with E-state index in [0.717, 1.165) is 30.8 Å². The lowest BCUT2D eigenvalue weighted by molar-refractivity contribution is 0.498. The van der Waals surface area contributed by atoms with Crippen molar-refractivity contribution in [1.82, 2.24) is 14.9 Å². The predicted molar refractivity (Wildman–Crippen MR) is 80.8 cm³/mol. The maximum atomic E-state index is 13.6. The van der Waals surface area contributed by atoms with Crippen LogP contribution in [-0.2, 0) is 5.41 Å². The van der Waals surface area contributed by atoms with Crippen LogP contribution in [-0.4, -0.2) is 22.6 Å². The molecule has 1 atom stereocenters. The van der Waals surface area contributed by atoms with Crippen molar-refractivity contribution >= 4 is 15.9 Å². The smallest absolute Gasteiger partial charge is 0.137 e. The van der Waals surface area contributed by atoms with Crippen molar-refractivity contribution < 1.29 is 4.39 Å². The number of halogens is 2. The first-order chi connectivity index (χ1) is 9.51. The first-order valence-corrected chi connectivity index (χ1v) is 7.50. The van der Waals surface area contributed by atoms with Gasteiger partial charge in [0.15, 0.2) is 0 Å². The highest BCUT2D eigenvalue weighted by atomic mass is 79.9. The molecule has 1 saturated heterocycles. The number of rotatable bonds is 2. The molecule has 1 aromatic heterocycles. The Morgan fingerprint density at radius 3 is 2.95 bits per heavy atom. The second kappa shape index (κ2) is 4.97. The molecule has 5 heteroatoms. The summed E-state index contributed by atoms with van der Waals surface area (Å²) in [5.41, 5.74) is 3.12. The normalized spacial score (nSPS) is 22.4. The van der Waals surface area contributed by atoms with E-state index in [9.17, 15) is 4.39 Å². The fraction of sp³-hybridized carbons (Fsp3) is 0.400. The largest absolute Gasteiger partial charge is 0.316 e. The first kappa shape index (κ1) is 13.8. The molecule has 1 unspecified atom stereocenters. The van der Waals surface area contributed by atoms with Crippen LogP contribution in [0.2, 0.25) is 0 Å². The fourth-order valence-electron chi connectivity index (χ4n) is 2.86. The number of imidazole rings is 1. The van der Waals surface area contributed by atoms with Gasteiger partial charge in [0.2, 0.25) is 0 Å². The summed E-state index contributed by atoms with van der Waals surface area (Å²) in [7, 11) is 0. The second-order valence-corrected chi connectivity index (χ2v) is 6.54. The lowest BCUT2D eigenvalue weighted by Gasteiger charge is -2.25. The van der Waals surface area contributed by atoms with E-state index < -0.39 is 0 Å². The summed E-state index contributed by atoms with van der Waals surface area (Å²) >= 11 is 3.27. The minimum Gasteiger partial charge on any atom is -0.316 e. The fourth-order valence-corrected chi connectivity index (χ4v) is 3.20. The number of aromatic nitrogens is 2. The average Bonchev–Trinajstić information content (AvgIpc) is 3.03. The monoisotopic (exact) mass is 337 g/mol. The van der Waals surface area contributed by atoms with Crippen molar-refractivity contribution in [1.29, 1.82) is 0 Å². The molecule has 0 amide bonds. The molecule has 0 saturated carbocycles. The summed E-state index contributed by atoms with van der Waals surface area (Å²) < 4.78 is 16.2. The van der Waals surface area contributed by atoms with Crippen molar-refractivity contribution in [3.05, 3.63) is 46.2 Å². The van der Waals surface area contributed by atoms with Crippen LogP contribution in [0.4, 0.5) is 4.39 Å². The molecule has 1 aliphatic heterocycles. The number of benzene rings is 1. The topological polar surface area (TPSA) is 29.9 Å². The van der Waals surface area contributed by atoms with Gasteiger partial charge >= 0.3 is 0 Å². The Bertz CT molecular complexity index is 645. The van der Waals surface area contributed by atoms with Gasteiger partial charge in [0.1, 0.15) is 5.82 Å². The van der Waals surface area contributed by atoms with Crippen molar-refractivity contribution in [3.63, 3.8) is 0 Å². The van der Waals surface area contributed by atoms with Crippen LogP contribution in [0.5, 0.6) is 0 Å². The molecular formula is C15H17BrFN3. The van der Waals surface area contributed by atoms with Gasteiger partial charge in [-0.2, -0.15) is 0 Å². The molecule has 1 fully saturated rings. The highest BCUT2D eigenvalue weighted by Crippen LogP contribution is 2.33. The standard InChI is InChI=1S/C15H17BrFN3/c1-10-5-12(17)11(16)6-13(10)20-9-19-7-14(20)15(2)3-4-18-8-15/h5-7,9,18H,3-4,8H2,1-2H3. The highest BCUT2D eigenvalue weighted by molar-refractivity contribution is 9.10. The SMILES string of the molecule is Cc1cc(F)c(Br)cc1-n1cncc1C1(C)CCNC1. The molecule has 0 bridgehead atoms. The highest BCUT2D eigenvalue weighted by Gasteiger charge is 2.33. The van der Waals surface area contributed by atoms with Crippen molar-refractivity contribution in [3.8, 4) is 5.69 Å². The van der Waals surface area contributed by atoms with Crippen LogP contribution in [0.3, 0.4) is 0 Å². The van der Waals surface area contributed by atoms with Crippen LogP contribution in [0.25, 0.3) is 5.69 Å². The lowest BCUT2D eigenvalue weighted by atomic mass is 9.86. The van der Waals surface area contributed by atoms with Crippen LogP contribution < -0.4 is 5.32 Å². The van der Waals surface area contributed by atoms with Gasteiger partial charge in [0, 0.05) is 23.9 Å². The third-order valence-electron chi connectivity index (χ3n) is 4.12. The van der Waals surface area contributed by atoms with E-state index in [-0.39, 0.29) is 11.2 Å². The first-order valence-electron chi connectivity index (χ1n) is 6.71. The molecule has 0 spiro atoms. The Hall–Kier alpha value is -1.20. The Kier molecular flexibility index (Phi) is 3.42. The zero-order valence-electron chi connectivity index (χ0n) is 11.6. The maximum absolute atomic E-state index is 13.6. The van der Waals surface area contributed by atoms with Gasteiger partial charge < -0.3 is 9.88 Å². The second-order valence-electron chi connectivity index (χ2n) is 5.69. The van der Waals surface area contributed by atoms with Crippen molar-refractivity contribution in [2.24, 2.45) is 0 Å². The van der Waals surface area contributed by atoms with E-state index in [1.807, 2.05) is 25.5 Å². The molecule has 1 aromatic carbocycles. The van der Waals surface area contributed by atoms with Gasteiger partial charge in [0.25, 0.3) is 0 Å². The summed E-state index contributed by atoms with van der Waals surface area (Å²) in [5.74, 6) is -0.235. The zero-order chi connectivity index (χ0) is 14.3. The van der Waals surface area contributed by atoms with Crippen molar-refractivity contribution in [2.45, 2.75) is 25.7 Å².